The lowest BCUT2D eigenvalue weighted by Gasteiger charge is -2.59. The molecule has 3 fully saturated rings. The Morgan fingerprint density at radius 2 is 1.70 bits per heavy atom. The molecule has 7 nitrogen and oxygen atoms in total. The quantitative estimate of drug-likeness (QED) is 0.503. The molecule has 0 spiro atoms. The zero-order valence-corrected chi connectivity index (χ0v) is 20.3. The Morgan fingerprint density at radius 1 is 1.06 bits per heavy atom. The molecule has 8 atom stereocenters. The van der Waals surface area contributed by atoms with Crippen molar-refractivity contribution in [3.63, 3.8) is 0 Å². The van der Waals surface area contributed by atoms with Gasteiger partial charge in [-0.3, -0.25) is 14.4 Å². The zero-order valence-electron chi connectivity index (χ0n) is 20.3. The lowest BCUT2D eigenvalue weighted by Crippen LogP contribution is -2.69. The molecule has 1 saturated heterocycles. The first-order valence-corrected chi connectivity index (χ1v) is 11.7. The first-order valence-electron chi connectivity index (χ1n) is 11.7. The normalized spacial score (nSPS) is 49.4. The summed E-state index contributed by atoms with van der Waals surface area (Å²) in [5.41, 5.74) is -4.72. The minimum Gasteiger partial charge on any atom is -0.448 e. The van der Waals surface area contributed by atoms with Gasteiger partial charge in [-0.15, -0.1) is 0 Å². The zero-order chi connectivity index (χ0) is 24.5. The highest BCUT2D eigenvalue weighted by Gasteiger charge is 2.77. The number of hydrogen-bond acceptors (Lipinski definition) is 7. The van der Waals surface area contributed by atoms with E-state index < -0.39 is 63.1 Å². The molecule has 1 N–H and O–H groups in total. The summed E-state index contributed by atoms with van der Waals surface area (Å²) < 4.78 is 11.7. The molecule has 0 radical (unpaired) electrons. The van der Waals surface area contributed by atoms with E-state index in [-0.39, 0.29) is 11.7 Å². The number of Topliss-reactive ketones (excluding diaryl/α,β-unsaturated/α-hetero) is 1. The number of ether oxygens (including phenoxy) is 2. The van der Waals surface area contributed by atoms with Gasteiger partial charge in [0.05, 0.1) is 5.41 Å². The van der Waals surface area contributed by atoms with Gasteiger partial charge in [-0.2, -0.15) is 0 Å². The lowest BCUT2D eigenvalue weighted by atomic mass is 9.47. The van der Waals surface area contributed by atoms with Crippen molar-refractivity contribution in [3.8, 4) is 0 Å². The number of esters is 2. The van der Waals surface area contributed by atoms with Crippen LogP contribution in [0.25, 0.3) is 0 Å². The van der Waals surface area contributed by atoms with Crippen molar-refractivity contribution in [2.45, 2.75) is 78.1 Å². The molecule has 1 aliphatic heterocycles. The molecule has 4 bridgehead atoms. The van der Waals surface area contributed by atoms with Gasteiger partial charge in [0.15, 0.2) is 17.2 Å². The molecule has 0 aromatic carbocycles. The van der Waals surface area contributed by atoms with Crippen molar-refractivity contribution in [2.75, 3.05) is 0 Å². The van der Waals surface area contributed by atoms with Crippen LogP contribution in [-0.4, -0.2) is 45.4 Å². The van der Waals surface area contributed by atoms with Crippen molar-refractivity contribution < 1.29 is 33.8 Å². The van der Waals surface area contributed by atoms with Gasteiger partial charge in [0.2, 0.25) is 5.60 Å². The van der Waals surface area contributed by atoms with E-state index in [1.165, 1.54) is 13.0 Å². The van der Waals surface area contributed by atoms with Gasteiger partial charge in [0.1, 0.15) is 5.60 Å². The fraction of sp³-hybridized carbons (Fsp3) is 0.692. The molecule has 0 aromatic heterocycles. The van der Waals surface area contributed by atoms with E-state index in [0.29, 0.717) is 12.8 Å². The third-order valence-corrected chi connectivity index (χ3v) is 10.2. The van der Waals surface area contributed by atoms with Gasteiger partial charge in [-0.1, -0.05) is 31.1 Å². The van der Waals surface area contributed by atoms with E-state index >= 15 is 0 Å². The Balaban J connectivity index is 1.58. The summed E-state index contributed by atoms with van der Waals surface area (Å²) in [5, 5.41) is 11.2. The van der Waals surface area contributed by atoms with Crippen molar-refractivity contribution in [2.24, 2.45) is 34.5 Å². The maximum absolute atomic E-state index is 13.8. The molecular formula is C26H32O7. The summed E-state index contributed by atoms with van der Waals surface area (Å²) in [6.45, 7) is 12.2. The Bertz CT molecular complexity index is 1090. The molecule has 0 aromatic rings. The van der Waals surface area contributed by atoms with Crippen molar-refractivity contribution in [1.82, 2.24) is 0 Å². The summed E-state index contributed by atoms with van der Waals surface area (Å²) in [6.07, 6.45) is 4.15. The maximum atomic E-state index is 13.8. The van der Waals surface area contributed by atoms with Gasteiger partial charge in [0.25, 0.3) is 0 Å². The number of ketones is 2. The van der Waals surface area contributed by atoms with Crippen LogP contribution in [0.4, 0.5) is 0 Å². The van der Waals surface area contributed by atoms with E-state index in [9.17, 15) is 24.3 Å². The van der Waals surface area contributed by atoms with Crippen LogP contribution in [0, 0.1) is 34.5 Å². The van der Waals surface area contributed by atoms with Crippen molar-refractivity contribution in [3.05, 3.63) is 23.3 Å². The fourth-order valence-electron chi connectivity index (χ4n) is 7.50. The van der Waals surface area contributed by atoms with E-state index in [2.05, 4.69) is 0 Å². The molecule has 6 rings (SSSR count). The van der Waals surface area contributed by atoms with E-state index in [4.69, 9.17) is 9.47 Å². The highest BCUT2D eigenvalue weighted by atomic mass is 16.6. The third kappa shape index (κ3) is 2.25. The van der Waals surface area contributed by atoms with Crippen LogP contribution in [0.1, 0.15) is 61.3 Å². The Kier molecular flexibility index (Phi) is 4.12. The van der Waals surface area contributed by atoms with Gasteiger partial charge < -0.3 is 14.6 Å². The van der Waals surface area contributed by atoms with Crippen LogP contribution in [0.3, 0.4) is 0 Å². The average Bonchev–Trinajstić information content (AvgIpc) is 3.00. The third-order valence-electron chi connectivity index (χ3n) is 10.2. The Labute approximate surface area is 193 Å². The van der Waals surface area contributed by atoms with Crippen LogP contribution in [0.2, 0.25) is 0 Å². The smallest absolute Gasteiger partial charge is 0.352 e. The van der Waals surface area contributed by atoms with Gasteiger partial charge in [-0.25, -0.2) is 4.79 Å². The fourth-order valence-corrected chi connectivity index (χ4v) is 7.50. The van der Waals surface area contributed by atoms with Crippen LogP contribution in [0.15, 0.2) is 23.3 Å². The Morgan fingerprint density at radius 3 is 2.24 bits per heavy atom. The lowest BCUT2D eigenvalue weighted by molar-refractivity contribution is -0.211. The standard InChI is InChI=1S/C26H32O7/c1-12-10-14-18-16(13(2)11-15(27)24(18,6)31)17(12)19(28)25(14,7)32-21(30)26-9-8-23(5,20(29)33-26)22(26,3)4/h10-11,14,16-18,31H,8-9H2,1-7H3/t14-,16-,17+,18+,23-,24-,25+,26+/m0/s1. The van der Waals surface area contributed by atoms with Crippen LogP contribution < -0.4 is 0 Å². The number of aliphatic hydroxyl groups is 1. The number of carbonyl (C=O) groups excluding carboxylic acids is 4. The monoisotopic (exact) mass is 456 g/mol. The summed E-state index contributed by atoms with van der Waals surface area (Å²) in [7, 11) is 0. The van der Waals surface area contributed by atoms with Crippen molar-refractivity contribution in [1.29, 1.82) is 0 Å². The largest absolute Gasteiger partial charge is 0.448 e. The van der Waals surface area contributed by atoms with Crippen LogP contribution in [0.5, 0.6) is 0 Å². The summed E-state index contributed by atoms with van der Waals surface area (Å²) in [4.78, 5) is 53.0. The topological polar surface area (TPSA) is 107 Å². The van der Waals surface area contributed by atoms with Gasteiger partial charge in [0, 0.05) is 29.1 Å². The summed E-state index contributed by atoms with van der Waals surface area (Å²) >= 11 is 0. The predicted molar refractivity (Wildman–Crippen MR) is 117 cm³/mol. The number of hydrogen-bond donors (Lipinski definition) is 1. The second-order valence-electron chi connectivity index (χ2n) is 11.9. The first kappa shape index (κ1) is 22.5. The summed E-state index contributed by atoms with van der Waals surface area (Å²) in [6, 6.07) is 0. The molecule has 7 heteroatoms. The highest BCUT2D eigenvalue weighted by molar-refractivity contribution is 6.03. The predicted octanol–water partition coefficient (Wildman–Crippen LogP) is 2.70. The van der Waals surface area contributed by atoms with Crippen molar-refractivity contribution >= 4 is 23.5 Å². The minimum atomic E-state index is -1.69. The molecule has 2 saturated carbocycles. The molecular weight excluding hydrogens is 424 g/mol. The average molecular weight is 457 g/mol. The van der Waals surface area contributed by atoms with E-state index in [1.54, 1.807) is 6.92 Å². The molecule has 6 aliphatic rings. The Hall–Kier alpha value is -2.28. The second-order valence-corrected chi connectivity index (χ2v) is 11.9. The molecule has 33 heavy (non-hydrogen) atoms. The van der Waals surface area contributed by atoms with Gasteiger partial charge >= 0.3 is 11.9 Å². The molecule has 0 amide bonds. The number of carbonyl (C=O) groups is 4. The number of rotatable bonds is 2. The number of allylic oxidation sites excluding steroid dienone is 2. The van der Waals surface area contributed by atoms with Crippen LogP contribution >= 0.6 is 0 Å². The number of fused-ring (bicyclic) bond motifs is 3. The molecule has 178 valence electrons. The minimum absolute atomic E-state index is 0.237. The SMILES string of the molecule is CC1=C[C@H]2[C@@H]3[C@@H](C(C)=CC(=O)[C@]3(C)O)[C@@H]1C(=O)[C@]2(C)OC(=O)[C@@]12CC[C@@](C)(C(=O)O1)C2(C)C. The molecule has 0 unspecified atom stereocenters. The highest BCUT2D eigenvalue weighted by Crippen LogP contribution is 2.66. The van der Waals surface area contributed by atoms with Gasteiger partial charge in [-0.05, 0) is 53.5 Å². The summed E-state index contributed by atoms with van der Waals surface area (Å²) in [5.74, 6) is -4.01. The second kappa shape index (κ2) is 6.04. The van der Waals surface area contributed by atoms with Crippen LogP contribution in [-0.2, 0) is 28.7 Å². The first-order chi connectivity index (χ1) is 15.1. The van der Waals surface area contributed by atoms with E-state index in [0.717, 1.165) is 11.1 Å². The van der Waals surface area contributed by atoms with E-state index in [1.807, 2.05) is 40.7 Å². The molecule has 5 aliphatic carbocycles. The molecule has 1 heterocycles. The maximum Gasteiger partial charge on any atom is 0.352 e.